The van der Waals surface area contributed by atoms with Gasteiger partial charge in [-0.05, 0) is 37.4 Å². The van der Waals surface area contributed by atoms with Gasteiger partial charge < -0.3 is 4.74 Å². The molecule has 0 aliphatic carbocycles. The molecule has 1 aliphatic heterocycles. The van der Waals surface area contributed by atoms with Crippen molar-refractivity contribution in [3.05, 3.63) is 30.3 Å². The summed E-state index contributed by atoms with van der Waals surface area (Å²) in [5, 5.41) is 0. The highest BCUT2D eigenvalue weighted by Crippen LogP contribution is 2.15. The van der Waals surface area contributed by atoms with E-state index in [4.69, 9.17) is 4.74 Å². The predicted octanol–water partition coefficient (Wildman–Crippen LogP) is 2.80. The molecule has 1 heterocycles. The second-order valence-electron chi connectivity index (χ2n) is 4.71. The summed E-state index contributed by atoms with van der Waals surface area (Å²) < 4.78 is 5.70. The van der Waals surface area contributed by atoms with Crippen molar-refractivity contribution in [1.29, 1.82) is 0 Å². The minimum atomic E-state index is 0.802. The Morgan fingerprint density at radius 2 is 2.12 bits per heavy atom. The first-order chi connectivity index (χ1) is 7.84. The van der Waals surface area contributed by atoms with Crippen LogP contribution >= 0.6 is 0 Å². The number of hydrogen-bond donors (Lipinski definition) is 0. The van der Waals surface area contributed by atoms with Crippen LogP contribution in [0.1, 0.15) is 19.8 Å². The van der Waals surface area contributed by atoms with E-state index in [9.17, 15) is 0 Å². The Bertz CT molecular complexity index is 299. The average molecular weight is 219 g/mol. The van der Waals surface area contributed by atoms with E-state index in [1.807, 2.05) is 30.3 Å². The van der Waals surface area contributed by atoms with E-state index in [0.717, 1.165) is 24.8 Å². The van der Waals surface area contributed by atoms with E-state index in [1.54, 1.807) is 0 Å². The lowest BCUT2D eigenvalue weighted by atomic mass is 10.0. The molecule has 0 saturated carbocycles. The number of benzene rings is 1. The van der Waals surface area contributed by atoms with Gasteiger partial charge in [-0.25, -0.2) is 0 Å². The molecule has 1 atom stereocenters. The molecule has 1 saturated heterocycles. The van der Waals surface area contributed by atoms with Crippen LogP contribution in [0.25, 0.3) is 0 Å². The van der Waals surface area contributed by atoms with E-state index >= 15 is 0 Å². The molecule has 0 bridgehead atoms. The SMILES string of the molecule is CC1CCCN(CCOc2ccccc2)C1. The second kappa shape index (κ2) is 5.90. The fourth-order valence-corrected chi connectivity index (χ4v) is 2.30. The molecule has 1 aromatic rings. The third-order valence-corrected chi connectivity index (χ3v) is 3.16. The smallest absolute Gasteiger partial charge is 0.119 e. The largest absolute Gasteiger partial charge is 0.492 e. The number of piperidine rings is 1. The van der Waals surface area contributed by atoms with Crippen molar-refractivity contribution >= 4 is 0 Å². The minimum Gasteiger partial charge on any atom is -0.492 e. The molecular weight excluding hydrogens is 198 g/mol. The maximum absolute atomic E-state index is 5.70. The van der Waals surface area contributed by atoms with Crippen LogP contribution in [0.3, 0.4) is 0 Å². The van der Waals surface area contributed by atoms with Crippen LogP contribution in [0.15, 0.2) is 30.3 Å². The van der Waals surface area contributed by atoms with Crippen LogP contribution in [-0.2, 0) is 0 Å². The molecule has 0 amide bonds. The van der Waals surface area contributed by atoms with E-state index in [1.165, 1.54) is 25.9 Å². The standard InChI is InChI=1S/C14H21NO/c1-13-6-5-9-15(12-13)10-11-16-14-7-3-2-4-8-14/h2-4,7-8,13H,5-6,9-12H2,1H3. The Morgan fingerprint density at radius 1 is 1.31 bits per heavy atom. The molecule has 1 fully saturated rings. The fraction of sp³-hybridized carbons (Fsp3) is 0.571. The molecule has 0 aromatic heterocycles. The molecule has 0 radical (unpaired) electrons. The lowest BCUT2D eigenvalue weighted by Crippen LogP contribution is -2.37. The van der Waals surface area contributed by atoms with Crippen molar-refractivity contribution < 1.29 is 4.74 Å². The van der Waals surface area contributed by atoms with Gasteiger partial charge in [0, 0.05) is 13.1 Å². The molecule has 1 aliphatic rings. The number of likely N-dealkylation sites (tertiary alicyclic amines) is 1. The number of rotatable bonds is 4. The number of para-hydroxylation sites is 1. The lowest BCUT2D eigenvalue weighted by molar-refractivity contribution is 0.153. The number of hydrogen-bond acceptors (Lipinski definition) is 2. The van der Waals surface area contributed by atoms with Crippen LogP contribution in [0.2, 0.25) is 0 Å². The lowest BCUT2D eigenvalue weighted by Gasteiger charge is -2.30. The zero-order chi connectivity index (χ0) is 11.2. The van der Waals surface area contributed by atoms with Gasteiger partial charge in [0.1, 0.15) is 12.4 Å². The molecule has 0 N–H and O–H groups in total. The third kappa shape index (κ3) is 3.53. The summed E-state index contributed by atoms with van der Waals surface area (Å²) >= 11 is 0. The van der Waals surface area contributed by atoms with Crippen LogP contribution in [0.5, 0.6) is 5.75 Å². The van der Waals surface area contributed by atoms with E-state index in [0.29, 0.717) is 0 Å². The highest BCUT2D eigenvalue weighted by atomic mass is 16.5. The van der Waals surface area contributed by atoms with Crippen molar-refractivity contribution in [2.75, 3.05) is 26.2 Å². The Balaban J connectivity index is 1.68. The normalized spacial score (nSPS) is 21.9. The average Bonchev–Trinajstić information content (AvgIpc) is 2.30. The summed E-state index contributed by atoms with van der Waals surface area (Å²) in [7, 11) is 0. The van der Waals surface area contributed by atoms with Gasteiger partial charge in [0.15, 0.2) is 0 Å². The number of nitrogens with zero attached hydrogens (tertiary/aromatic N) is 1. The fourth-order valence-electron chi connectivity index (χ4n) is 2.30. The third-order valence-electron chi connectivity index (χ3n) is 3.16. The summed E-state index contributed by atoms with van der Waals surface area (Å²) in [6, 6.07) is 10.1. The summed E-state index contributed by atoms with van der Waals surface area (Å²) in [6.07, 6.45) is 2.72. The zero-order valence-electron chi connectivity index (χ0n) is 10.1. The van der Waals surface area contributed by atoms with Gasteiger partial charge >= 0.3 is 0 Å². The monoisotopic (exact) mass is 219 g/mol. The van der Waals surface area contributed by atoms with Crippen LogP contribution < -0.4 is 4.74 Å². The Morgan fingerprint density at radius 3 is 2.88 bits per heavy atom. The first-order valence-corrected chi connectivity index (χ1v) is 6.25. The Kier molecular flexibility index (Phi) is 4.23. The van der Waals surface area contributed by atoms with E-state index < -0.39 is 0 Å². The minimum absolute atomic E-state index is 0.802. The molecular formula is C14H21NO. The Labute approximate surface area is 98.2 Å². The molecule has 0 spiro atoms. The van der Waals surface area contributed by atoms with Gasteiger partial charge in [-0.1, -0.05) is 25.1 Å². The summed E-state index contributed by atoms with van der Waals surface area (Å²) in [5.74, 6) is 1.83. The van der Waals surface area contributed by atoms with Crippen molar-refractivity contribution in [3.63, 3.8) is 0 Å². The molecule has 16 heavy (non-hydrogen) atoms. The van der Waals surface area contributed by atoms with Gasteiger partial charge in [0.2, 0.25) is 0 Å². The Hall–Kier alpha value is -1.02. The maximum atomic E-state index is 5.70. The van der Waals surface area contributed by atoms with Crippen LogP contribution in [0.4, 0.5) is 0 Å². The molecule has 2 rings (SSSR count). The van der Waals surface area contributed by atoms with Crippen LogP contribution in [-0.4, -0.2) is 31.1 Å². The molecule has 88 valence electrons. The van der Waals surface area contributed by atoms with Crippen molar-refractivity contribution in [2.45, 2.75) is 19.8 Å². The highest BCUT2D eigenvalue weighted by molar-refractivity contribution is 5.20. The van der Waals surface area contributed by atoms with Gasteiger partial charge in [-0.2, -0.15) is 0 Å². The van der Waals surface area contributed by atoms with Crippen molar-refractivity contribution in [2.24, 2.45) is 5.92 Å². The van der Waals surface area contributed by atoms with E-state index in [2.05, 4.69) is 11.8 Å². The first kappa shape index (κ1) is 11.5. The maximum Gasteiger partial charge on any atom is 0.119 e. The summed E-state index contributed by atoms with van der Waals surface area (Å²) in [5.41, 5.74) is 0. The summed E-state index contributed by atoms with van der Waals surface area (Å²) in [6.45, 7) is 6.67. The molecule has 1 unspecified atom stereocenters. The van der Waals surface area contributed by atoms with Crippen molar-refractivity contribution in [1.82, 2.24) is 4.90 Å². The molecule has 2 nitrogen and oxygen atoms in total. The first-order valence-electron chi connectivity index (χ1n) is 6.25. The predicted molar refractivity (Wildman–Crippen MR) is 66.8 cm³/mol. The highest BCUT2D eigenvalue weighted by Gasteiger charge is 2.15. The zero-order valence-corrected chi connectivity index (χ0v) is 10.1. The van der Waals surface area contributed by atoms with Crippen LogP contribution in [0, 0.1) is 5.92 Å². The van der Waals surface area contributed by atoms with Gasteiger partial charge in [-0.15, -0.1) is 0 Å². The topological polar surface area (TPSA) is 12.5 Å². The second-order valence-corrected chi connectivity index (χ2v) is 4.71. The molecule has 1 aromatic carbocycles. The van der Waals surface area contributed by atoms with Gasteiger partial charge in [0.05, 0.1) is 0 Å². The molecule has 2 heteroatoms. The van der Waals surface area contributed by atoms with Gasteiger partial charge in [-0.3, -0.25) is 4.90 Å². The van der Waals surface area contributed by atoms with E-state index in [-0.39, 0.29) is 0 Å². The van der Waals surface area contributed by atoms with Crippen molar-refractivity contribution in [3.8, 4) is 5.75 Å². The number of ether oxygens (including phenoxy) is 1. The van der Waals surface area contributed by atoms with Gasteiger partial charge in [0.25, 0.3) is 0 Å². The quantitative estimate of drug-likeness (QED) is 0.772. The summed E-state index contributed by atoms with van der Waals surface area (Å²) in [4.78, 5) is 2.51.